The van der Waals surface area contributed by atoms with Crippen molar-refractivity contribution in [1.29, 1.82) is 0 Å². The van der Waals surface area contributed by atoms with Crippen LogP contribution in [0.2, 0.25) is 0 Å². The second-order valence-electron chi connectivity index (χ2n) is 14.0. The fraction of sp³-hybridized carbons (Fsp3) is 0.727. The van der Waals surface area contributed by atoms with E-state index in [1.165, 1.54) is 57.8 Å². The van der Waals surface area contributed by atoms with Crippen molar-refractivity contribution in [3.05, 3.63) is 60.8 Å². The van der Waals surface area contributed by atoms with Gasteiger partial charge in [0.2, 0.25) is 0 Å². The Morgan fingerprint density at radius 2 is 0.964 bits per heavy atom. The number of hydrogen-bond donors (Lipinski definition) is 3. The van der Waals surface area contributed by atoms with Gasteiger partial charge in [0, 0.05) is 12.8 Å². The molecule has 0 aromatic carbocycles. The van der Waals surface area contributed by atoms with Crippen molar-refractivity contribution in [2.45, 2.75) is 180 Å². The molecule has 3 atom stereocenters. The van der Waals surface area contributed by atoms with Crippen LogP contribution in [0.3, 0.4) is 0 Å². The molecule has 0 aliphatic rings. The lowest BCUT2D eigenvalue weighted by Gasteiger charge is -2.20. The largest absolute Gasteiger partial charge is 0.472 e. The molecule has 0 aromatic heterocycles. The minimum absolute atomic E-state index is 0.105. The molecule has 0 radical (unpaired) electrons. The van der Waals surface area contributed by atoms with Crippen molar-refractivity contribution in [2.24, 2.45) is 0 Å². The number of esters is 2. The van der Waals surface area contributed by atoms with Crippen molar-refractivity contribution in [2.75, 3.05) is 26.4 Å². The van der Waals surface area contributed by atoms with Gasteiger partial charge in [0.05, 0.1) is 19.8 Å². The highest BCUT2D eigenvalue weighted by atomic mass is 31.2. The average molecular weight is 797 g/mol. The summed E-state index contributed by atoms with van der Waals surface area (Å²) in [5.74, 6) is -1.00. The Hall–Kier alpha value is -2.33. The van der Waals surface area contributed by atoms with Crippen molar-refractivity contribution < 1.29 is 47.8 Å². The number of ether oxygens (including phenoxy) is 2. The molecule has 0 saturated heterocycles. The highest BCUT2D eigenvalue weighted by Crippen LogP contribution is 2.43. The summed E-state index contributed by atoms with van der Waals surface area (Å²) in [6.07, 6.45) is 43.3. The first-order valence-corrected chi connectivity index (χ1v) is 22.7. The average Bonchev–Trinajstić information content (AvgIpc) is 3.17. The van der Waals surface area contributed by atoms with Gasteiger partial charge in [-0.3, -0.25) is 18.6 Å². The Kier molecular flexibility index (Phi) is 38.2. The molecule has 0 amide bonds. The van der Waals surface area contributed by atoms with E-state index in [4.69, 9.17) is 19.1 Å². The third kappa shape index (κ3) is 39.7. The lowest BCUT2D eigenvalue weighted by molar-refractivity contribution is -0.161. The zero-order valence-corrected chi connectivity index (χ0v) is 35.3. The molecular weight excluding hydrogens is 719 g/mol. The van der Waals surface area contributed by atoms with Gasteiger partial charge in [-0.2, -0.15) is 0 Å². The number of rotatable bonds is 39. The second kappa shape index (κ2) is 39.9. The van der Waals surface area contributed by atoms with Gasteiger partial charge in [-0.1, -0.05) is 139 Å². The number of carbonyl (C=O) groups excluding carboxylic acids is 2. The van der Waals surface area contributed by atoms with Crippen LogP contribution >= 0.6 is 7.82 Å². The third-order valence-electron chi connectivity index (χ3n) is 8.64. The van der Waals surface area contributed by atoms with Gasteiger partial charge in [-0.05, 0) is 77.0 Å². The van der Waals surface area contributed by atoms with E-state index in [9.17, 15) is 24.2 Å². The number of allylic oxidation sites excluding steroid dienone is 10. The van der Waals surface area contributed by atoms with Crippen molar-refractivity contribution >= 4 is 19.8 Å². The molecular formula is C44H77O10P. The highest BCUT2D eigenvalue weighted by Gasteiger charge is 2.27. The molecule has 0 fully saturated rings. The van der Waals surface area contributed by atoms with Crippen molar-refractivity contribution in [3.63, 3.8) is 0 Å². The smallest absolute Gasteiger partial charge is 0.462 e. The molecule has 0 bridgehead atoms. The van der Waals surface area contributed by atoms with Gasteiger partial charge in [0.1, 0.15) is 12.7 Å². The quantitative estimate of drug-likeness (QED) is 0.0237. The van der Waals surface area contributed by atoms with E-state index < -0.39 is 51.8 Å². The van der Waals surface area contributed by atoms with E-state index in [1.807, 2.05) is 12.2 Å². The molecule has 0 saturated carbocycles. The van der Waals surface area contributed by atoms with Crippen molar-refractivity contribution in [3.8, 4) is 0 Å². The minimum Gasteiger partial charge on any atom is -0.462 e. The van der Waals surface area contributed by atoms with Crippen LogP contribution in [-0.4, -0.2) is 65.7 Å². The summed E-state index contributed by atoms with van der Waals surface area (Å²) < 4.78 is 32.6. The van der Waals surface area contributed by atoms with Gasteiger partial charge in [0.15, 0.2) is 6.10 Å². The maximum atomic E-state index is 12.6. The van der Waals surface area contributed by atoms with Crippen LogP contribution in [0.1, 0.15) is 168 Å². The van der Waals surface area contributed by atoms with E-state index in [0.29, 0.717) is 19.3 Å². The van der Waals surface area contributed by atoms with Crippen LogP contribution in [0.5, 0.6) is 0 Å². The molecule has 0 heterocycles. The van der Waals surface area contributed by atoms with E-state index >= 15 is 0 Å². The van der Waals surface area contributed by atoms with Crippen LogP contribution in [0.4, 0.5) is 0 Å². The first-order valence-electron chi connectivity index (χ1n) is 21.2. The molecule has 0 aliphatic heterocycles. The maximum absolute atomic E-state index is 12.6. The van der Waals surface area contributed by atoms with Gasteiger partial charge in [-0.15, -0.1) is 0 Å². The Morgan fingerprint density at radius 1 is 0.545 bits per heavy atom. The van der Waals surface area contributed by atoms with Crippen molar-refractivity contribution in [1.82, 2.24) is 0 Å². The van der Waals surface area contributed by atoms with Crippen LogP contribution in [0, 0.1) is 0 Å². The summed E-state index contributed by atoms with van der Waals surface area (Å²) in [6.45, 7) is 2.26. The van der Waals surface area contributed by atoms with E-state index in [0.717, 1.165) is 64.2 Å². The number of aliphatic hydroxyl groups is 2. The summed E-state index contributed by atoms with van der Waals surface area (Å²) in [5, 5.41) is 18.3. The first-order chi connectivity index (χ1) is 26.7. The molecule has 55 heavy (non-hydrogen) atoms. The monoisotopic (exact) mass is 797 g/mol. The third-order valence-corrected chi connectivity index (χ3v) is 9.60. The molecule has 11 heteroatoms. The lowest BCUT2D eigenvalue weighted by atomic mass is 10.1. The van der Waals surface area contributed by atoms with E-state index in [1.54, 1.807) is 0 Å². The molecule has 1 unspecified atom stereocenters. The number of unbranched alkanes of at least 4 members (excludes halogenated alkanes) is 15. The Morgan fingerprint density at radius 3 is 1.53 bits per heavy atom. The summed E-state index contributed by atoms with van der Waals surface area (Å²) in [4.78, 5) is 34.9. The SMILES string of the molecule is CCCCC/C=C/C/C=C/C/C=C/C/C=C/CCCC(=O)O[C@H](COC(=O)CCCCCCC/C=C/CCCCCCCC)COP(=O)(O)OC[C@@H](O)CO. The molecule has 0 aliphatic carbocycles. The first kappa shape index (κ1) is 52.7. The van der Waals surface area contributed by atoms with Crippen LogP contribution < -0.4 is 0 Å². The highest BCUT2D eigenvalue weighted by molar-refractivity contribution is 7.47. The normalized spacial score (nSPS) is 14.5. The van der Waals surface area contributed by atoms with Gasteiger partial charge in [-0.25, -0.2) is 4.57 Å². The number of phosphoric ester groups is 1. The molecule has 0 aromatic rings. The number of phosphoric acid groups is 1. The Bertz CT molecular complexity index is 1100. The maximum Gasteiger partial charge on any atom is 0.472 e. The summed E-state index contributed by atoms with van der Waals surface area (Å²) >= 11 is 0. The number of aliphatic hydroxyl groups excluding tert-OH is 2. The van der Waals surface area contributed by atoms with E-state index in [-0.39, 0.29) is 19.4 Å². The predicted molar refractivity (Wildman–Crippen MR) is 224 cm³/mol. The predicted octanol–water partition coefficient (Wildman–Crippen LogP) is 11.1. The Labute approximate surface area is 334 Å². The van der Waals surface area contributed by atoms with Crippen LogP contribution in [-0.2, 0) is 32.7 Å². The van der Waals surface area contributed by atoms with Gasteiger partial charge < -0.3 is 24.6 Å². The molecule has 318 valence electrons. The summed E-state index contributed by atoms with van der Waals surface area (Å²) in [5.41, 5.74) is 0. The fourth-order valence-electron chi connectivity index (χ4n) is 5.33. The molecule has 0 spiro atoms. The zero-order valence-electron chi connectivity index (χ0n) is 34.4. The minimum atomic E-state index is -4.63. The molecule has 0 rings (SSSR count). The Balaban J connectivity index is 4.44. The topological polar surface area (TPSA) is 149 Å². The number of hydrogen-bond acceptors (Lipinski definition) is 9. The zero-order chi connectivity index (χ0) is 40.5. The fourth-order valence-corrected chi connectivity index (χ4v) is 6.12. The van der Waals surface area contributed by atoms with E-state index in [2.05, 4.69) is 67.0 Å². The van der Waals surface area contributed by atoms with Gasteiger partial charge in [0.25, 0.3) is 0 Å². The standard InChI is InChI=1S/C44H77O10P/c1-3-5-7-9-11-13-15-17-19-20-22-24-26-28-30-32-34-36-44(48)54-42(40-53-55(49,50)52-38-41(46)37-45)39-51-43(47)35-33-31-29-27-25-23-21-18-16-14-12-10-8-6-4-2/h11,13,17-19,21-22,24,28,30,41-42,45-46H,3-10,12,14-16,20,23,25-27,29,31-40H2,1-2H3,(H,49,50)/b13-11+,19-17+,21-18+,24-22+,30-28+/t41-,42+/m0/s1. The van der Waals surface area contributed by atoms with Crippen LogP contribution in [0.15, 0.2) is 60.8 Å². The summed E-state index contributed by atoms with van der Waals surface area (Å²) in [6, 6.07) is 0. The number of carbonyl (C=O) groups is 2. The summed E-state index contributed by atoms with van der Waals surface area (Å²) in [7, 11) is -4.63. The molecule has 3 N–H and O–H groups in total. The second-order valence-corrected chi connectivity index (χ2v) is 15.5. The van der Waals surface area contributed by atoms with Gasteiger partial charge >= 0.3 is 19.8 Å². The van der Waals surface area contributed by atoms with Crippen LogP contribution in [0.25, 0.3) is 0 Å². The lowest BCUT2D eigenvalue weighted by Crippen LogP contribution is -2.29. The molecule has 10 nitrogen and oxygen atoms in total.